The van der Waals surface area contributed by atoms with Crippen LogP contribution in [0.2, 0.25) is 0 Å². The molecule has 4 nitrogen and oxygen atoms in total. The fourth-order valence-electron chi connectivity index (χ4n) is 2.17. The van der Waals surface area contributed by atoms with Crippen molar-refractivity contribution in [3.05, 3.63) is 42.0 Å². The predicted molar refractivity (Wildman–Crippen MR) is 83.7 cm³/mol. The van der Waals surface area contributed by atoms with Gasteiger partial charge < -0.3 is 4.57 Å². The number of aryl methyl sites for hydroxylation is 1. The second kappa shape index (κ2) is 7.45. The zero-order valence-corrected chi connectivity index (χ0v) is 13.2. The molecule has 0 aliphatic heterocycles. The lowest BCUT2D eigenvalue weighted by atomic mass is 10.2. The van der Waals surface area contributed by atoms with E-state index in [9.17, 15) is 0 Å². The van der Waals surface area contributed by atoms with Crippen molar-refractivity contribution >= 4 is 11.8 Å². The summed E-state index contributed by atoms with van der Waals surface area (Å²) in [6.07, 6.45) is 5.02. The zero-order valence-electron chi connectivity index (χ0n) is 12.4. The molecule has 0 aliphatic rings. The van der Waals surface area contributed by atoms with Crippen LogP contribution in [0.4, 0.5) is 0 Å². The van der Waals surface area contributed by atoms with Crippen LogP contribution < -0.4 is 0 Å². The SMILES string of the molecule is CCCn1cnnc1CN(C)Cc1ccc(SC)cc1. The number of thioether (sulfide) groups is 1. The second-order valence-corrected chi connectivity index (χ2v) is 5.84. The van der Waals surface area contributed by atoms with E-state index < -0.39 is 0 Å². The zero-order chi connectivity index (χ0) is 14.4. The van der Waals surface area contributed by atoms with Crippen LogP contribution in [0.15, 0.2) is 35.5 Å². The summed E-state index contributed by atoms with van der Waals surface area (Å²) < 4.78 is 2.13. The van der Waals surface area contributed by atoms with Crippen molar-refractivity contribution in [2.45, 2.75) is 37.9 Å². The Morgan fingerprint density at radius 3 is 2.60 bits per heavy atom. The van der Waals surface area contributed by atoms with Crippen molar-refractivity contribution in [1.82, 2.24) is 19.7 Å². The highest BCUT2D eigenvalue weighted by Crippen LogP contribution is 2.16. The summed E-state index contributed by atoms with van der Waals surface area (Å²) >= 11 is 1.77. The smallest absolute Gasteiger partial charge is 0.147 e. The van der Waals surface area contributed by atoms with Gasteiger partial charge in [0.15, 0.2) is 0 Å². The van der Waals surface area contributed by atoms with Gasteiger partial charge in [-0.15, -0.1) is 22.0 Å². The lowest BCUT2D eigenvalue weighted by Crippen LogP contribution is -2.20. The maximum atomic E-state index is 4.21. The molecule has 0 spiro atoms. The van der Waals surface area contributed by atoms with E-state index >= 15 is 0 Å². The summed E-state index contributed by atoms with van der Waals surface area (Å²) in [6, 6.07) is 8.74. The van der Waals surface area contributed by atoms with Crippen LogP contribution in [-0.2, 0) is 19.6 Å². The molecule has 0 atom stereocenters. The molecule has 2 aromatic rings. The van der Waals surface area contributed by atoms with Gasteiger partial charge in [0, 0.05) is 18.0 Å². The van der Waals surface area contributed by atoms with Gasteiger partial charge in [-0.2, -0.15) is 0 Å². The lowest BCUT2D eigenvalue weighted by molar-refractivity contribution is 0.304. The third kappa shape index (κ3) is 4.08. The van der Waals surface area contributed by atoms with Crippen molar-refractivity contribution in [3.8, 4) is 0 Å². The third-order valence-electron chi connectivity index (χ3n) is 3.18. The second-order valence-electron chi connectivity index (χ2n) is 4.96. The van der Waals surface area contributed by atoms with Crippen molar-refractivity contribution in [2.24, 2.45) is 0 Å². The Labute approximate surface area is 125 Å². The first kappa shape index (κ1) is 15.1. The topological polar surface area (TPSA) is 34.0 Å². The molecule has 0 N–H and O–H groups in total. The summed E-state index contributed by atoms with van der Waals surface area (Å²) in [5.74, 6) is 1.04. The highest BCUT2D eigenvalue weighted by Gasteiger charge is 2.07. The molecule has 0 amide bonds. The highest BCUT2D eigenvalue weighted by molar-refractivity contribution is 7.98. The normalized spacial score (nSPS) is 11.2. The average molecular weight is 290 g/mol. The Bertz CT molecular complexity index is 521. The number of hydrogen-bond acceptors (Lipinski definition) is 4. The summed E-state index contributed by atoms with van der Waals surface area (Å²) in [4.78, 5) is 3.57. The molecular weight excluding hydrogens is 268 g/mol. The quantitative estimate of drug-likeness (QED) is 0.734. The number of benzene rings is 1. The van der Waals surface area contributed by atoms with E-state index in [1.165, 1.54) is 10.5 Å². The van der Waals surface area contributed by atoms with Crippen LogP contribution in [0.5, 0.6) is 0 Å². The predicted octanol–water partition coefficient (Wildman–Crippen LogP) is 3.04. The van der Waals surface area contributed by atoms with E-state index in [0.717, 1.165) is 31.9 Å². The molecule has 0 radical (unpaired) electrons. The molecule has 5 heteroatoms. The maximum Gasteiger partial charge on any atom is 0.147 e. The number of aromatic nitrogens is 3. The lowest BCUT2D eigenvalue weighted by Gasteiger charge is -2.16. The maximum absolute atomic E-state index is 4.21. The van der Waals surface area contributed by atoms with Gasteiger partial charge in [0.1, 0.15) is 12.2 Å². The third-order valence-corrected chi connectivity index (χ3v) is 3.93. The highest BCUT2D eigenvalue weighted by atomic mass is 32.2. The van der Waals surface area contributed by atoms with Gasteiger partial charge >= 0.3 is 0 Å². The van der Waals surface area contributed by atoms with Gasteiger partial charge in [-0.3, -0.25) is 4.90 Å². The first-order valence-electron chi connectivity index (χ1n) is 6.91. The van der Waals surface area contributed by atoms with Gasteiger partial charge in [0.25, 0.3) is 0 Å². The first-order chi connectivity index (χ1) is 9.72. The fraction of sp³-hybridized carbons (Fsp3) is 0.467. The van der Waals surface area contributed by atoms with E-state index in [1.807, 2.05) is 6.33 Å². The molecule has 0 bridgehead atoms. The van der Waals surface area contributed by atoms with Crippen LogP contribution in [0, 0.1) is 0 Å². The van der Waals surface area contributed by atoms with Gasteiger partial charge in [0.05, 0.1) is 6.54 Å². The Balaban J connectivity index is 1.94. The molecule has 0 saturated carbocycles. The molecular formula is C15H22N4S. The van der Waals surface area contributed by atoms with E-state index in [2.05, 4.69) is 64.2 Å². The van der Waals surface area contributed by atoms with E-state index in [4.69, 9.17) is 0 Å². The van der Waals surface area contributed by atoms with Gasteiger partial charge in [-0.25, -0.2) is 0 Å². The van der Waals surface area contributed by atoms with Crippen LogP contribution in [0.3, 0.4) is 0 Å². The minimum absolute atomic E-state index is 0.824. The molecule has 1 aromatic carbocycles. The van der Waals surface area contributed by atoms with Gasteiger partial charge in [-0.05, 0) is 37.4 Å². The summed E-state index contributed by atoms with van der Waals surface area (Å²) in [7, 11) is 2.12. The van der Waals surface area contributed by atoms with E-state index in [-0.39, 0.29) is 0 Å². The molecule has 0 aliphatic carbocycles. The summed E-state index contributed by atoms with van der Waals surface area (Å²) in [6.45, 7) is 4.90. The summed E-state index contributed by atoms with van der Waals surface area (Å²) in [5.41, 5.74) is 1.33. The minimum Gasteiger partial charge on any atom is -0.317 e. The fourth-order valence-corrected chi connectivity index (χ4v) is 2.58. The van der Waals surface area contributed by atoms with Crippen LogP contribution in [-0.4, -0.2) is 33.0 Å². The number of nitrogens with zero attached hydrogens (tertiary/aromatic N) is 4. The van der Waals surface area contributed by atoms with Crippen molar-refractivity contribution < 1.29 is 0 Å². The standard InChI is InChI=1S/C15H22N4S/c1-4-9-19-12-16-17-15(19)11-18(2)10-13-5-7-14(20-3)8-6-13/h5-8,12H,4,9-11H2,1-3H3. The monoisotopic (exact) mass is 290 g/mol. The largest absolute Gasteiger partial charge is 0.317 e. The van der Waals surface area contributed by atoms with E-state index in [0.29, 0.717) is 0 Å². The molecule has 0 fully saturated rings. The summed E-state index contributed by atoms with van der Waals surface area (Å²) in [5, 5.41) is 8.22. The van der Waals surface area contributed by atoms with Crippen LogP contribution >= 0.6 is 11.8 Å². The molecule has 108 valence electrons. The Morgan fingerprint density at radius 1 is 1.20 bits per heavy atom. The molecule has 2 rings (SSSR count). The first-order valence-corrected chi connectivity index (χ1v) is 8.13. The average Bonchev–Trinajstić information content (AvgIpc) is 2.87. The minimum atomic E-state index is 0.824. The Morgan fingerprint density at radius 2 is 1.95 bits per heavy atom. The molecule has 0 unspecified atom stereocenters. The van der Waals surface area contributed by atoms with Crippen molar-refractivity contribution in [1.29, 1.82) is 0 Å². The van der Waals surface area contributed by atoms with Crippen LogP contribution in [0.1, 0.15) is 24.7 Å². The molecule has 0 saturated heterocycles. The number of hydrogen-bond donors (Lipinski definition) is 0. The molecule has 20 heavy (non-hydrogen) atoms. The van der Waals surface area contributed by atoms with Crippen molar-refractivity contribution in [3.63, 3.8) is 0 Å². The van der Waals surface area contributed by atoms with E-state index in [1.54, 1.807) is 11.8 Å². The molecule has 1 heterocycles. The van der Waals surface area contributed by atoms with Gasteiger partial charge in [0.2, 0.25) is 0 Å². The molecule has 1 aromatic heterocycles. The number of rotatable bonds is 7. The van der Waals surface area contributed by atoms with Gasteiger partial charge in [-0.1, -0.05) is 19.1 Å². The Hall–Kier alpha value is -1.33. The van der Waals surface area contributed by atoms with Crippen LogP contribution in [0.25, 0.3) is 0 Å². The Kier molecular flexibility index (Phi) is 5.61. The van der Waals surface area contributed by atoms with Crippen molar-refractivity contribution in [2.75, 3.05) is 13.3 Å².